The molecule has 0 saturated carbocycles. The summed E-state index contributed by atoms with van der Waals surface area (Å²) < 4.78 is 0.721. The van der Waals surface area contributed by atoms with Gasteiger partial charge in [-0.25, -0.2) is 0 Å². The number of hydrogen-bond donors (Lipinski definition) is 2. The molecule has 5 heteroatoms. The summed E-state index contributed by atoms with van der Waals surface area (Å²) in [6.45, 7) is 0. The van der Waals surface area contributed by atoms with Gasteiger partial charge in [0.1, 0.15) is 6.10 Å². The number of hydrogen-bond acceptors (Lipinski definition) is 4. The monoisotopic (exact) mass is 256 g/mol. The zero-order chi connectivity index (χ0) is 10.6. The van der Waals surface area contributed by atoms with Crippen LogP contribution in [0.2, 0.25) is 0 Å². The zero-order valence-corrected chi connectivity index (χ0v) is 8.85. The summed E-state index contributed by atoms with van der Waals surface area (Å²) in [5.41, 5.74) is 0.488. The van der Waals surface area contributed by atoms with Crippen molar-refractivity contribution in [1.29, 1.82) is 5.26 Å². The highest BCUT2D eigenvalue weighted by atomic mass is 79.9. The molecule has 2 unspecified atom stereocenters. The zero-order valence-electron chi connectivity index (χ0n) is 7.26. The molecular formula is C9H9BrN2O2. The van der Waals surface area contributed by atoms with Crippen LogP contribution in [0.3, 0.4) is 0 Å². The van der Waals surface area contributed by atoms with Crippen LogP contribution in [0.4, 0.5) is 0 Å². The summed E-state index contributed by atoms with van der Waals surface area (Å²) in [6.07, 6.45) is 0.784. The fourth-order valence-electron chi connectivity index (χ4n) is 1.02. The van der Waals surface area contributed by atoms with E-state index in [4.69, 9.17) is 5.26 Å². The van der Waals surface area contributed by atoms with Gasteiger partial charge >= 0.3 is 0 Å². The van der Waals surface area contributed by atoms with E-state index in [2.05, 4.69) is 20.9 Å². The Balaban J connectivity index is 2.79. The molecule has 1 aromatic heterocycles. The molecule has 2 atom stereocenters. The molecule has 1 aromatic rings. The third-order valence-corrected chi connectivity index (χ3v) is 2.17. The Kier molecular flexibility index (Phi) is 4.01. The predicted molar refractivity (Wildman–Crippen MR) is 53.1 cm³/mol. The van der Waals surface area contributed by atoms with Crippen LogP contribution < -0.4 is 0 Å². The molecule has 0 aromatic carbocycles. The fraction of sp³-hybridized carbons (Fsp3) is 0.333. The Morgan fingerprint density at radius 1 is 1.50 bits per heavy atom. The lowest BCUT2D eigenvalue weighted by molar-refractivity contribution is 0.0214. The average Bonchev–Trinajstić information content (AvgIpc) is 2.17. The Hall–Kier alpha value is -0.960. The van der Waals surface area contributed by atoms with Gasteiger partial charge in [0.05, 0.1) is 18.6 Å². The number of aliphatic hydroxyl groups excluding tert-OH is 2. The van der Waals surface area contributed by atoms with Crippen LogP contribution in [0, 0.1) is 11.3 Å². The van der Waals surface area contributed by atoms with Gasteiger partial charge in [-0.1, -0.05) is 0 Å². The molecule has 4 nitrogen and oxygen atoms in total. The van der Waals surface area contributed by atoms with Crippen LogP contribution in [0.5, 0.6) is 0 Å². The van der Waals surface area contributed by atoms with Crippen molar-refractivity contribution in [3.05, 3.63) is 28.5 Å². The van der Waals surface area contributed by atoms with Crippen LogP contribution in [0.15, 0.2) is 22.9 Å². The molecule has 1 heterocycles. The van der Waals surface area contributed by atoms with E-state index in [0.717, 1.165) is 4.47 Å². The van der Waals surface area contributed by atoms with E-state index in [1.54, 1.807) is 18.3 Å². The smallest absolute Gasteiger partial charge is 0.107 e. The van der Waals surface area contributed by atoms with Crippen molar-refractivity contribution in [1.82, 2.24) is 4.98 Å². The lowest BCUT2D eigenvalue weighted by atomic mass is 10.0. The topological polar surface area (TPSA) is 77.1 Å². The highest BCUT2D eigenvalue weighted by Gasteiger charge is 2.18. The Morgan fingerprint density at radius 3 is 2.79 bits per heavy atom. The molecule has 0 amide bonds. The van der Waals surface area contributed by atoms with E-state index in [9.17, 15) is 10.2 Å². The molecule has 14 heavy (non-hydrogen) atoms. The van der Waals surface area contributed by atoms with E-state index >= 15 is 0 Å². The van der Waals surface area contributed by atoms with Crippen molar-refractivity contribution < 1.29 is 10.2 Å². The first-order chi connectivity index (χ1) is 6.65. The molecule has 1 rings (SSSR count). The van der Waals surface area contributed by atoms with Gasteiger partial charge in [0.15, 0.2) is 0 Å². The SMILES string of the molecule is N#CCC(O)C(O)c1cncc(Br)c1. The lowest BCUT2D eigenvalue weighted by Crippen LogP contribution is -2.17. The molecule has 0 aliphatic carbocycles. The maximum atomic E-state index is 9.58. The third kappa shape index (κ3) is 2.77. The molecule has 0 fully saturated rings. The van der Waals surface area contributed by atoms with Crippen molar-refractivity contribution in [2.75, 3.05) is 0 Å². The van der Waals surface area contributed by atoms with E-state index in [-0.39, 0.29) is 6.42 Å². The first kappa shape index (κ1) is 11.1. The van der Waals surface area contributed by atoms with Crippen molar-refractivity contribution in [2.24, 2.45) is 0 Å². The fourth-order valence-corrected chi connectivity index (χ4v) is 1.40. The molecule has 0 spiro atoms. The Bertz CT molecular complexity index is 351. The summed E-state index contributed by atoms with van der Waals surface area (Å²) >= 11 is 3.20. The van der Waals surface area contributed by atoms with Gasteiger partial charge in [0, 0.05) is 22.4 Å². The van der Waals surface area contributed by atoms with Crippen LogP contribution in [0.25, 0.3) is 0 Å². The van der Waals surface area contributed by atoms with Crippen molar-refractivity contribution in [2.45, 2.75) is 18.6 Å². The van der Waals surface area contributed by atoms with Gasteiger partial charge < -0.3 is 10.2 Å². The van der Waals surface area contributed by atoms with E-state index in [1.807, 2.05) is 0 Å². The second-order valence-electron chi connectivity index (χ2n) is 2.81. The van der Waals surface area contributed by atoms with E-state index in [0.29, 0.717) is 5.56 Å². The number of nitriles is 1. The second-order valence-corrected chi connectivity index (χ2v) is 3.73. The quantitative estimate of drug-likeness (QED) is 0.851. The minimum absolute atomic E-state index is 0.103. The van der Waals surface area contributed by atoms with Gasteiger partial charge in [0.2, 0.25) is 0 Å². The van der Waals surface area contributed by atoms with Crippen LogP contribution in [-0.4, -0.2) is 21.3 Å². The van der Waals surface area contributed by atoms with Crippen LogP contribution >= 0.6 is 15.9 Å². The van der Waals surface area contributed by atoms with Gasteiger partial charge in [-0.05, 0) is 22.0 Å². The number of rotatable bonds is 3. The number of aliphatic hydroxyl groups is 2. The highest BCUT2D eigenvalue weighted by molar-refractivity contribution is 9.10. The van der Waals surface area contributed by atoms with Crippen molar-refractivity contribution in [3.63, 3.8) is 0 Å². The first-order valence-corrected chi connectivity index (χ1v) is 4.78. The number of halogens is 1. The van der Waals surface area contributed by atoms with E-state index < -0.39 is 12.2 Å². The summed E-state index contributed by atoms with van der Waals surface area (Å²) in [4.78, 5) is 3.85. The van der Waals surface area contributed by atoms with E-state index in [1.165, 1.54) is 6.20 Å². The van der Waals surface area contributed by atoms with Crippen molar-refractivity contribution >= 4 is 15.9 Å². The summed E-state index contributed by atoms with van der Waals surface area (Å²) in [7, 11) is 0. The van der Waals surface area contributed by atoms with Gasteiger partial charge in [-0.15, -0.1) is 0 Å². The Morgan fingerprint density at radius 2 is 2.21 bits per heavy atom. The molecule has 0 aliphatic heterocycles. The van der Waals surface area contributed by atoms with Gasteiger partial charge in [-0.3, -0.25) is 4.98 Å². The molecular weight excluding hydrogens is 248 g/mol. The summed E-state index contributed by atoms with van der Waals surface area (Å²) in [5, 5.41) is 27.3. The molecule has 74 valence electrons. The predicted octanol–water partition coefficient (Wildman–Crippen LogP) is 1.15. The standard InChI is InChI=1S/C9H9BrN2O2/c10-7-3-6(4-12-5-7)9(14)8(13)1-2-11/h3-5,8-9,13-14H,1H2. The van der Waals surface area contributed by atoms with Crippen LogP contribution in [0.1, 0.15) is 18.1 Å². The number of pyridine rings is 1. The normalized spacial score (nSPS) is 14.4. The second kappa shape index (κ2) is 5.05. The number of nitrogens with zero attached hydrogens (tertiary/aromatic N) is 2. The summed E-state index contributed by atoms with van der Waals surface area (Å²) in [6, 6.07) is 3.44. The number of aromatic nitrogens is 1. The van der Waals surface area contributed by atoms with Gasteiger partial charge in [0.25, 0.3) is 0 Å². The molecule has 0 radical (unpaired) electrons. The minimum Gasteiger partial charge on any atom is -0.389 e. The van der Waals surface area contributed by atoms with Crippen LogP contribution in [-0.2, 0) is 0 Å². The maximum absolute atomic E-state index is 9.58. The largest absolute Gasteiger partial charge is 0.389 e. The Labute approximate surface area is 90.0 Å². The molecule has 0 bridgehead atoms. The average molecular weight is 257 g/mol. The lowest BCUT2D eigenvalue weighted by Gasteiger charge is -2.14. The maximum Gasteiger partial charge on any atom is 0.107 e. The molecule has 0 saturated heterocycles. The first-order valence-electron chi connectivity index (χ1n) is 3.98. The molecule has 2 N–H and O–H groups in total. The minimum atomic E-state index is -1.07. The molecule has 0 aliphatic rings. The third-order valence-electron chi connectivity index (χ3n) is 1.73. The summed E-state index contributed by atoms with van der Waals surface area (Å²) in [5.74, 6) is 0. The van der Waals surface area contributed by atoms with Gasteiger partial charge in [-0.2, -0.15) is 5.26 Å². The van der Waals surface area contributed by atoms with Crippen molar-refractivity contribution in [3.8, 4) is 6.07 Å². The highest BCUT2D eigenvalue weighted by Crippen LogP contribution is 2.20.